The van der Waals surface area contributed by atoms with E-state index >= 15 is 0 Å². The molecule has 2 N–H and O–H groups in total. The van der Waals surface area contributed by atoms with Gasteiger partial charge in [0.05, 0.1) is 6.54 Å². The van der Waals surface area contributed by atoms with Crippen LogP contribution in [0.25, 0.3) is 0 Å². The van der Waals surface area contributed by atoms with E-state index in [1.54, 1.807) is 60.7 Å². The minimum atomic E-state index is -0.386. The molecular weight excluding hydrogens is 340 g/mol. The molecule has 0 fully saturated rings. The lowest BCUT2D eigenvalue weighted by Gasteiger charge is -2.04. The first kappa shape index (κ1) is 16.8. The molecular formula is C19H15ClN2O3. The van der Waals surface area contributed by atoms with Crippen LogP contribution in [0.2, 0.25) is 5.02 Å². The molecule has 1 heterocycles. The first-order valence-electron chi connectivity index (χ1n) is 7.61. The van der Waals surface area contributed by atoms with E-state index in [0.29, 0.717) is 22.0 Å². The van der Waals surface area contributed by atoms with Crippen LogP contribution in [-0.4, -0.2) is 11.8 Å². The van der Waals surface area contributed by atoms with Crippen LogP contribution in [0, 0.1) is 0 Å². The van der Waals surface area contributed by atoms with Gasteiger partial charge in [-0.3, -0.25) is 9.59 Å². The number of hydrogen-bond donors (Lipinski definition) is 2. The molecule has 126 valence electrons. The van der Waals surface area contributed by atoms with Crippen LogP contribution in [0.5, 0.6) is 0 Å². The Hall–Kier alpha value is -3.05. The second-order valence-corrected chi connectivity index (χ2v) is 5.72. The molecule has 6 heteroatoms. The number of nitrogens with one attached hydrogen (secondary N) is 2. The fourth-order valence-electron chi connectivity index (χ4n) is 2.21. The number of carbonyl (C=O) groups excluding carboxylic acids is 2. The zero-order valence-electron chi connectivity index (χ0n) is 13.2. The fraction of sp³-hybridized carbons (Fsp3) is 0.0526. The number of benzene rings is 2. The Morgan fingerprint density at radius 2 is 1.72 bits per heavy atom. The predicted molar refractivity (Wildman–Crippen MR) is 95.7 cm³/mol. The van der Waals surface area contributed by atoms with Gasteiger partial charge in [0.2, 0.25) is 0 Å². The van der Waals surface area contributed by atoms with E-state index in [9.17, 15) is 9.59 Å². The lowest BCUT2D eigenvalue weighted by Crippen LogP contribution is -2.22. The topological polar surface area (TPSA) is 71.3 Å². The third kappa shape index (κ3) is 4.49. The molecule has 5 nitrogen and oxygen atoms in total. The summed E-state index contributed by atoms with van der Waals surface area (Å²) in [7, 11) is 0. The Balaban J connectivity index is 1.58. The van der Waals surface area contributed by atoms with Crippen molar-refractivity contribution in [2.24, 2.45) is 0 Å². The first-order valence-corrected chi connectivity index (χ1v) is 7.98. The van der Waals surface area contributed by atoms with Gasteiger partial charge < -0.3 is 15.1 Å². The third-order valence-corrected chi connectivity index (χ3v) is 3.66. The third-order valence-electron chi connectivity index (χ3n) is 3.43. The van der Waals surface area contributed by atoms with Gasteiger partial charge in [0, 0.05) is 16.3 Å². The van der Waals surface area contributed by atoms with Gasteiger partial charge in [-0.15, -0.1) is 0 Å². The molecule has 3 aromatic rings. The zero-order chi connectivity index (χ0) is 17.6. The number of carbonyl (C=O) groups is 2. The van der Waals surface area contributed by atoms with E-state index in [1.165, 1.54) is 0 Å². The Bertz CT molecular complexity index is 890. The molecule has 0 saturated carbocycles. The fourth-order valence-corrected chi connectivity index (χ4v) is 2.40. The number of furan rings is 1. The lowest BCUT2D eigenvalue weighted by molar-refractivity contribution is 0.0948. The van der Waals surface area contributed by atoms with Crippen LogP contribution in [0.3, 0.4) is 0 Å². The summed E-state index contributed by atoms with van der Waals surface area (Å²) in [6.45, 7) is 0.193. The van der Waals surface area contributed by atoms with E-state index in [4.69, 9.17) is 16.0 Å². The van der Waals surface area contributed by atoms with E-state index in [-0.39, 0.29) is 24.1 Å². The molecule has 3 rings (SSSR count). The summed E-state index contributed by atoms with van der Waals surface area (Å²) in [6, 6.07) is 18.9. The maximum atomic E-state index is 12.2. The molecule has 1 aromatic heterocycles. The van der Waals surface area contributed by atoms with Gasteiger partial charge in [-0.05, 0) is 42.5 Å². The highest BCUT2D eigenvalue weighted by atomic mass is 35.5. The van der Waals surface area contributed by atoms with Crippen molar-refractivity contribution in [1.29, 1.82) is 0 Å². The quantitative estimate of drug-likeness (QED) is 0.724. The minimum Gasteiger partial charge on any atom is -0.454 e. The largest absolute Gasteiger partial charge is 0.454 e. The van der Waals surface area contributed by atoms with Crippen molar-refractivity contribution in [3.8, 4) is 0 Å². The predicted octanol–water partition coefficient (Wildman–Crippen LogP) is 4.12. The van der Waals surface area contributed by atoms with Crippen molar-refractivity contribution in [3.05, 3.63) is 88.8 Å². The first-order chi connectivity index (χ1) is 12.1. The second-order valence-electron chi connectivity index (χ2n) is 5.28. The normalized spacial score (nSPS) is 10.3. The lowest BCUT2D eigenvalue weighted by atomic mass is 10.2. The van der Waals surface area contributed by atoms with E-state index in [2.05, 4.69) is 10.6 Å². The SMILES string of the molecule is O=C(NCc1ccc(C(=O)Nc2cccc(Cl)c2)o1)c1ccccc1. The van der Waals surface area contributed by atoms with Crippen LogP contribution in [0.15, 0.2) is 71.1 Å². The van der Waals surface area contributed by atoms with Crippen molar-refractivity contribution in [3.63, 3.8) is 0 Å². The molecule has 25 heavy (non-hydrogen) atoms. The van der Waals surface area contributed by atoms with E-state index in [0.717, 1.165) is 0 Å². The molecule has 0 spiro atoms. The summed E-state index contributed by atoms with van der Waals surface area (Å²) < 4.78 is 5.47. The molecule has 0 aliphatic carbocycles. The van der Waals surface area contributed by atoms with Crippen molar-refractivity contribution >= 4 is 29.1 Å². The number of halogens is 1. The van der Waals surface area contributed by atoms with E-state index in [1.807, 2.05) is 6.07 Å². The Labute approximate surface area is 149 Å². The van der Waals surface area contributed by atoms with E-state index < -0.39 is 0 Å². The molecule has 0 saturated heterocycles. The summed E-state index contributed by atoms with van der Waals surface area (Å²) in [5.74, 6) is 0.0503. The maximum Gasteiger partial charge on any atom is 0.291 e. The number of anilines is 1. The minimum absolute atomic E-state index is 0.156. The van der Waals surface area contributed by atoms with Crippen molar-refractivity contribution in [1.82, 2.24) is 5.32 Å². The number of rotatable bonds is 5. The van der Waals surface area contributed by atoms with Crippen molar-refractivity contribution in [2.45, 2.75) is 6.54 Å². The summed E-state index contributed by atoms with van der Waals surface area (Å²) in [5.41, 5.74) is 1.14. The molecule has 0 aliphatic heterocycles. The molecule has 0 unspecified atom stereocenters. The summed E-state index contributed by atoms with van der Waals surface area (Å²) in [6.07, 6.45) is 0. The maximum absolute atomic E-state index is 12.2. The second kappa shape index (κ2) is 7.68. The smallest absolute Gasteiger partial charge is 0.291 e. The molecule has 0 bridgehead atoms. The standard InChI is InChI=1S/C19H15ClN2O3/c20-14-7-4-8-15(11-14)22-19(24)17-10-9-16(25-17)12-21-18(23)13-5-2-1-3-6-13/h1-11H,12H2,(H,21,23)(H,22,24). The number of hydrogen-bond acceptors (Lipinski definition) is 3. The average Bonchev–Trinajstić information content (AvgIpc) is 3.09. The van der Waals surface area contributed by atoms with Gasteiger partial charge in [-0.2, -0.15) is 0 Å². The number of amides is 2. The molecule has 0 aliphatic rings. The van der Waals surface area contributed by atoms with Gasteiger partial charge in [0.1, 0.15) is 5.76 Å². The van der Waals surface area contributed by atoms with Crippen LogP contribution in [0.1, 0.15) is 26.7 Å². The Morgan fingerprint density at radius 3 is 2.48 bits per heavy atom. The van der Waals surface area contributed by atoms with Gasteiger partial charge in [0.15, 0.2) is 5.76 Å². The highest BCUT2D eigenvalue weighted by Gasteiger charge is 2.12. The van der Waals surface area contributed by atoms with Gasteiger partial charge in [-0.1, -0.05) is 35.9 Å². The zero-order valence-corrected chi connectivity index (χ0v) is 13.9. The van der Waals surface area contributed by atoms with Gasteiger partial charge >= 0.3 is 0 Å². The summed E-state index contributed by atoms with van der Waals surface area (Å²) in [4.78, 5) is 24.2. The van der Waals surface area contributed by atoms with Crippen molar-refractivity contribution in [2.75, 3.05) is 5.32 Å². The monoisotopic (exact) mass is 354 g/mol. The molecule has 2 amide bonds. The van der Waals surface area contributed by atoms with Gasteiger partial charge in [-0.25, -0.2) is 0 Å². The van der Waals surface area contributed by atoms with Crippen LogP contribution >= 0.6 is 11.6 Å². The van der Waals surface area contributed by atoms with Crippen LogP contribution < -0.4 is 10.6 Å². The summed E-state index contributed by atoms with van der Waals surface area (Å²) >= 11 is 5.88. The molecule has 0 radical (unpaired) electrons. The van der Waals surface area contributed by atoms with Gasteiger partial charge in [0.25, 0.3) is 11.8 Å². The average molecular weight is 355 g/mol. The van der Waals surface area contributed by atoms with Crippen LogP contribution in [0.4, 0.5) is 5.69 Å². The molecule has 0 atom stereocenters. The van der Waals surface area contributed by atoms with Crippen LogP contribution in [-0.2, 0) is 6.54 Å². The Morgan fingerprint density at radius 1 is 0.920 bits per heavy atom. The Kier molecular flexibility index (Phi) is 5.16. The summed E-state index contributed by atoms with van der Waals surface area (Å²) in [5, 5.41) is 5.97. The molecule has 2 aromatic carbocycles. The van der Waals surface area contributed by atoms with Crippen molar-refractivity contribution < 1.29 is 14.0 Å². The highest BCUT2D eigenvalue weighted by Crippen LogP contribution is 2.16. The highest BCUT2D eigenvalue weighted by molar-refractivity contribution is 6.30.